The number of benzene rings is 4. The standard InChI is InChI=1S/C30H24O5/c1-34-29(32)27-19-14-15-20(16-19)28(27)30(33)35-24-13-5-9-18-7-3-11-22(26(18)24)21-10-2-6-17-8-4-12-23(31)25(17)21/h2-15,19-20,27-28,31H,16H2,1H3/t19-,20+,27+,28-/m0/s1. The highest BCUT2D eigenvalue weighted by Crippen LogP contribution is 2.49. The van der Waals surface area contributed by atoms with Crippen molar-refractivity contribution >= 4 is 33.5 Å². The summed E-state index contributed by atoms with van der Waals surface area (Å²) in [5.41, 5.74) is 1.71. The van der Waals surface area contributed by atoms with Crippen molar-refractivity contribution in [2.75, 3.05) is 7.11 Å². The van der Waals surface area contributed by atoms with Crippen LogP contribution in [-0.4, -0.2) is 24.2 Å². The van der Waals surface area contributed by atoms with Gasteiger partial charge < -0.3 is 14.6 Å². The normalized spacial score (nSPS) is 22.5. The number of ether oxygens (including phenoxy) is 2. The first-order valence-electron chi connectivity index (χ1n) is 11.8. The van der Waals surface area contributed by atoms with Gasteiger partial charge in [0.05, 0.1) is 18.9 Å². The number of fused-ring (bicyclic) bond motifs is 4. The highest BCUT2D eigenvalue weighted by atomic mass is 16.5. The first-order chi connectivity index (χ1) is 17.1. The van der Waals surface area contributed by atoms with Crippen LogP contribution in [0.15, 0.2) is 84.9 Å². The number of carbonyl (C=O) groups is 2. The molecule has 1 fully saturated rings. The van der Waals surface area contributed by atoms with E-state index < -0.39 is 17.8 Å². The molecule has 0 heterocycles. The number of carbonyl (C=O) groups excluding carboxylic acids is 2. The number of hydrogen-bond acceptors (Lipinski definition) is 5. The largest absolute Gasteiger partial charge is 0.507 e. The van der Waals surface area contributed by atoms with Crippen LogP contribution in [0.4, 0.5) is 0 Å². The molecule has 2 bridgehead atoms. The van der Waals surface area contributed by atoms with Crippen molar-refractivity contribution in [3.05, 3.63) is 84.9 Å². The van der Waals surface area contributed by atoms with Gasteiger partial charge in [0.1, 0.15) is 11.5 Å². The van der Waals surface area contributed by atoms with Gasteiger partial charge >= 0.3 is 11.9 Å². The summed E-state index contributed by atoms with van der Waals surface area (Å²) in [6.45, 7) is 0. The number of methoxy groups -OCH3 is 1. The van der Waals surface area contributed by atoms with Crippen LogP contribution < -0.4 is 4.74 Å². The molecule has 0 aliphatic heterocycles. The zero-order valence-electron chi connectivity index (χ0n) is 19.2. The van der Waals surface area contributed by atoms with E-state index >= 15 is 0 Å². The second-order valence-corrected chi connectivity index (χ2v) is 9.28. The lowest BCUT2D eigenvalue weighted by Crippen LogP contribution is -2.36. The second-order valence-electron chi connectivity index (χ2n) is 9.28. The SMILES string of the molecule is COC(=O)[C@H]1[C@@H](C(=O)Oc2cccc3cccc(-c4cccc5cccc(O)c45)c23)[C@@H]2C=C[C@H]1C2. The molecular weight excluding hydrogens is 440 g/mol. The summed E-state index contributed by atoms with van der Waals surface area (Å²) < 4.78 is 11.1. The molecule has 4 aromatic rings. The minimum atomic E-state index is -0.568. The average Bonchev–Trinajstić information content (AvgIpc) is 3.50. The van der Waals surface area contributed by atoms with Gasteiger partial charge in [-0.3, -0.25) is 9.59 Å². The Labute approximate surface area is 202 Å². The van der Waals surface area contributed by atoms with Crippen molar-refractivity contribution in [2.45, 2.75) is 6.42 Å². The highest BCUT2D eigenvalue weighted by molar-refractivity contribution is 6.09. The smallest absolute Gasteiger partial charge is 0.315 e. The first kappa shape index (κ1) is 21.4. The average molecular weight is 465 g/mol. The Morgan fingerprint density at radius 2 is 1.29 bits per heavy atom. The van der Waals surface area contributed by atoms with Crippen LogP contribution >= 0.6 is 0 Å². The van der Waals surface area contributed by atoms with Gasteiger partial charge in [-0.05, 0) is 52.3 Å². The molecule has 0 radical (unpaired) electrons. The summed E-state index contributed by atoms with van der Waals surface area (Å²) >= 11 is 0. The van der Waals surface area contributed by atoms with Crippen molar-refractivity contribution in [1.82, 2.24) is 0 Å². The molecule has 0 spiro atoms. The summed E-state index contributed by atoms with van der Waals surface area (Å²) in [7, 11) is 1.36. The van der Waals surface area contributed by atoms with E-state index in [2.05, 4.69) is 0 Å². The van der Waals surface area contributed by atoms with Crippen LogP contribution in [0.1, 0.15) is 6.42 Å². The van der Waals surface area contributed by atoms with Gasteiger partial charge in [-0.25, -0.2) is 0 Å². The number of aromatic hydroxyl groups is 1. The molecule has 0 saturated heterocycles. The quantitative estimate of drug-likeness (QED) is 0.232. The van der Waals surface area contributed by atoms with Gasteiger partial charge in [-0.2, -0.15) is 0 Å². The van der Waals surface area contributed by atoms with Crippen molar-refractivity contribution in [3.8, 4) is 22.6 Å². The minimum Gasteiger partial charge on any atom is -0.507 e. The van der Waals surface area contributed by atoms with Crippen LogP contribution in [0, 0.1) is 23.7 Å². The number of rotatable bonds is 4. The highest BCUT2D eigenvalue weighted by Gasteiger charge is 2.53. The zero-order chi connectivity index (χ0) is 24.1. The van der Waals surface area contributed by atoms with Gasteiger partial charge in [0.15, 0.2) is 0 Å². The maximum atomic E-state index is 13.5. The topological polar surface area (TPSA) is 72.8 Å². The van der Waals surface area contributed by atoms with E-state index in [1.807, 2.05) is 72.8 Å². The van der Waals surface area contributed by atoms with Crippen molar-refractivity contribution < 1.29 is 24.2 Å². The Balaban J connectivity index is 1.46. The molecule has 5 nitrogen and oxygen atoms in total. The van der Waals surface area contributed by atoms with E-state index in [9.17, 15) is 14.7 Å². The fourth-order valence-electron chi connectivity index (χ4n) is 5.94. The molecule has 4 atom stereocenters. The molecule has 5 heteroatoms. The summed E-state index contributed by atoms with van der Waals surface area (Å²) in [4.78, 5) is 26.0. The maximum Gasteiger partial charge on any atom is 0.315 e. The van der Waals surface area contributed by atoms with Gasteiger partial charge in [0, 0.05) is 10.8 Å². The lowest BCUT2D eigenvalue weighted by molar-refractivity contribution is -0.155. The predicted molar refractivity (Wildman–Crippen MR) is 134 cm³/mol. The molecule has 2 aliphatic rings. The Bertz CT molecular complexity index is 1510. The molecule has 0 amide bonds. The minimum absolute atomic E-state index is 0.00624. The fourth-order valence-corrected chi connectivity index (χ4v) is 5.94. The summed E-state index contributed by atoms with van der Waals surface area (Å²) in [5.74, 6) is -1.26. The molecule has 0 unspecified atom stereocenters. The van der Waals surface area contributed by atoms with Crippen LogP contribution in [0.3, 0.4) is 0 Å². The third-order valence-corrected chi connectivity index (χ3v) is 7.45. The number of esters is 2. The van der Waals surface area contributed by atoms with Gasteiger partial charge in [0.25, 0.3) is 0 Å². The van der Waals surface area contributed by atoms with Crippen molar-refractivity contribution in [1.29, 1.82) is 0 Å². The first-order valence-corrected chi connectivity index (χ1v) is 11.8. The second kappa shape index (κ2) is 8.27. The third kappa shape index (κ3) is 3.38. The summed E-state index contributed by atoms with van der Waals surface area (Å²) in [5, 5.41) is 14.0. The lowest BCUT2D eigenvalue weighted by Gasteiger charge is -2.24. The van der Waals surface area contributed by atoms with E-state index in [1.54, 1.807) is 12.1 Å². The molecule has 4 aromatic carbocycles. The molecule has 35 heavy (non-hydrogen) atoms. The van der Waals surface area contributed by atoms with Gasteiger partial charge in [0.2, 0.25) is 0 Å². The van der Waals surface area contributed by atoms with E-state index in [-0.39, 0.29) is 23.6 Å². The molecular formula is C30H24O5. The Morgan fingerprint density at radius 3 is 1.94 bits per heavy atom. The number of hydrogen-bond donors (Lipinski definition) is 1. The Morgan fingerprint density at radius 1 is 0.743 bits per heavy atom. The predicted octanol–water partition coefficient (Wildman–Crippen LogP) is 5.88. The summed E-state index contributed by atoms with van der Waals surface area (Å²) in [6, 6.07) is 22.8. The summed E-state index contributed by atoms with van der Waals surface area (Å²) in [6.07, 6.45) is 4.79. The van der Waals surface area contributed by atoms with Crippen LogP contribution in [-0.2, 0) is 14.3 Å². The molecule has 2 aliphatic carbocycles. The van der Waals surface area contributed by atoms with E-state index in [1.165, 1.54) is 7.11 Å². The zero-order valence-corrected chi connectivity index (χ0v) is 19.2. The van der Waals surface area contributed by atoms with E-state index in [4.69, 9.17) is 9.47 Å². The van der Waals surface area contributed by atoms with Crippen molar-refractivity contribution in [2.24, 2.45) is 23.7 Å². The number of phenolic OH excluding ortho intramolecular Hbond substituents is 1. The number of phenols is 1. The third-order valence-electron chi connectivity index (χ3n) is 7.45. The van der Waals surface area contributed by atoms with Crippen LogP contribution in [0.25, 0.3) is 32.7 Å². The maximum absolute atomic E-state index is 13.5. The lowest BCUT2D eigenvalue weighted by atomic mass is 9.83. The van der Waals surface area contributed by atoms with Gasteiger partial charge in [-0.1, -0.05) is 72.8 Å². The molecule has 1 N–H and O–H groups in total. The van der Waals surface area contributed by atoms with Crippen molar-refractivity contribution in [3.63, 3.8) is 0 Å². The van der Waals surface area contributed by atoms with Crippen LogP contribution in [0.2, 0.25) is 0 Å². The Hall–Kier alpha value is -4.12. The molecule has 0 aromatic heterocycles. The monoisotopic (exact) mass is 464 g/mol. The fraction of sp³-hybridized carbons (Fsp3) is 0.200. The van der Waals surface area contributed by atoms with Crippen LogP contribution in [0.5, 0.6) is 11.5 Å². The van der Waals surface area contributed by atoms with Gasteiger partial charge in [-0.15, -0.1) is 0 Å². The van der Waals surface area contributed by atoms with E-state index in [0.717, 1.165) is 39.1 Å². The Kier molecular flexibility index (Phi) is 5.06. The number of allylic oxidation sites excluding steroid dienone is 2. The molecule has 174 valence electrons. The molecule has 1 saturated carbocycles. The van der Waals surface area contributed by atoms with E-state index in [0.29, 0.717) is 5.75 Å². The molecule has 6 rings (SSSR count).